The molecule has 0 radical (unpaired) electrons. The van der Waals surface area contributed by atoms with Gasteiger partial charge in [0.1, 0.15) is 0 Å². The van der Waals surface area contributed by atoms with Crippen molar-refractivity contribution in [3.63, 3.8) is 0 Å². The van der Waals surface area contributed by atoms with E-state index in [0.717, 1.165) is 25.1 Å². The number of benzene rings is 2. The number of piperidine rings is 2. The van der Waals surface area contributed by atoms with Gasteiger partial charge in [-0.25, -0.2) is 13.1 Å². The molecular weight excluding hydrogens is 504 g/mol. The van der Waals surface area contributed by atoms with E-state index in [9.17, 15) is 8.42 Å². The summed E-state index contributed by atoms with van der Waals surface area (Å²) in [6.45, 7) is 14.8. The number of anilines is 1. The number of nitrogens with one attached hydrogen (secondary N) is 2. The van der Waals surface area contributed by atoms with Crippen LogP contribution in [0.25, 0.3) is 11.6 Å². The van der Waals surface area contributed by atoms with Crippen molar-refractivity contribution in [1.29, 1.82) is 0 Å². The van der Waals surface area contributed by atoms with E-state index in [2.05, 4.69) is 64.0 Å². The number of nitrogens with zero attached hydrogens (tertiary/aromatic N) is 2. The molecule has 0 atom stereocenters. The fourth-order valence-electron chi connectivity index (χ4n) is 6.25. The van der Waals surface area contributed by atoms with Crippen molar-refractivity contribution in [2.24, 2.45) is 0 Å². The van der Waals surface area contributed by atoms with Crippen LogP contribution in [0.4, 0.5) is 5.69 Å². The molecule has 6 nitrogen and oxygen atoms in total. The fraction of sp³-hybridized carbons (Fsp3) is 0.562. The Morgan fingerprint density at radius 1 is 0.897 bits per heavy atom. The van der Waals surface area contributed by atoms with Crippen molar-refractivity contribution in [2.45, 2.75) is 95.3 Å². The molecule has 2 aliphatic heterocycles. The summed E-state index contributed by atoms with van der Waals surface area (Å²) in [6.07, 6.45) is 7.88. The summed E-state index contributed by atoms with van der Waals surface area (Å²) in [5, 5.41) is 3.97. The number of hydrogen-bond acceptors (Lipinski definition) is 5. The van der Waals surface area contributed by atoms with Gasteiger partial charge in [0.15, 0.2) is 0 Å². The second-order valence-electron chi connectivity index (χ2n) is 12.9. The minimum absolute atomic E-state index is 0.324. The number of hydrogen-bond donors (Lipinski definition) is 2. The van der Waals surface area contributed by atoms with Gasteiger partial charge in [-0.3, -0.25) is 0 Å². The van der Waals surface area contributed by atoms with E-state index in [0.29, 0.717) is 23.0 Å². The summed E-state index contributed by atoms with van der Waals surface area (Å²) in [5.41, 5.74) is 5.41. The Hall–Kier alpha value is -2.19. The highest BCUT2D eigenvalue weighted by molar-refractivity contribution is 7.89. The predicted molar refractivity (Wildman–Crippen MR) is 163 cm³/mol. The highest BCUT2D eigenvalue weighted by atomic mass is 32.2. The zero-order valence-electron chi connectivity index (χ0n) is 24.3. The lowest BCUT2D eigenvalue weighted by Crippen LogP contribution is -2.50. The smallest absolute Gasteiger partial charge is 0.241 e. The highest BCUT2D eigenvalue weighted by Gasteiger charge is 2.27. The molecule has 0 amide bonds. The molecule has 39 heavy (non-hydrogen) atoms. The van der Waals surface area contributed by atoms with Gasteiger partial charge in [-0.1, -0.05) is 24.3 Å². The van der Waals surface area contributed by atoms with E-state index in [4.69, 9.17) is 0 Å². The predicted octanol–water partition coefficient (Wildman–Crippen LogP) is 5.29. The van der Waals surface area contributed by atoms with Gasteiger partial charge in [0.05, 0.1) is 4.90 Å². The van der Waals surface area contributed by atoms with Gasteiger partial charge in [-0.05, 0) is 126 Å². The Balaban J connectivity index is 1.20. The number of likely N-dealkylation sites (tertiary alicyclic amines) is 1. The number of allylic oxidation sites excluding steroid dienone is 1. The van der Waals surface area contributed by atoms with Crippen molar-refractivity contribution in [2.75, 3.05) is 31.1 Å². The molecule has 7 heteroatoms. The Morgan fingerprint density at radius 3 is 2.21 bits per heavy atom. The van der Waals surface area contributed by atoms with E-state index >= 15 is 0 Å². The third-order valence-electron chi connectivity index (χ3n) is 8.39. The Labute approximate surface area is 235 Å². The van der Waals surface area contributed by atoms with Crippen LogP contribution in [-0.4, -0.2) is 63.2 Å². The molecule has 2 N–H and O–H groups in total. The first kappa shape index (κ1) is 28.3. The lowest BCUT2D eigenvalue weighted by Gasteiger charge is -2.39. The van der Waals surface area contributed by atoms with Crippen LogP contribution in [0.2, 0.25) is 0 Å². The van der Waals surface area contributed by atoms with Gasteiger partial charge in [0, 0.05) is 42.4 Å². The number of sulfonamides is 1. The standard InChI is InChI=1S/C32H46N4O2S/c1-23(2)35-15-11-28(12-16-35)33-29-13-17-36(18-14-29)30-8-6-7-24(21-30)26-19-25-9-10-31(22-27(25)20-26)39(37,38)34-32(3,4)5/h6-10,20-23,28-29,33-34H,11-19H2,1-5H3. The molecule has 2 heterocycles. The molecule has 0 aromatic heterocycles. The third-order valence-corrected chi connectivity index (χ3v) is 10.1. The molecule has 2 saturated heterocycles. The van der Waals surface area contributed by atoms with E-state index in [1.54, 1.807) is 6.07 Å². The van der Waals surface area contributed by atoms with Gasteiger partial charge in [-0.2, -0.15) is 0 Å². The van der Waals surface area contributed by atoms with Gasteiger partial charge in [0.2, 0.25) is 10.0 Å². The molecule has 1 aliphatic carbocycles. The van der Waals surface area contributed by atoms with Gasteiger partial charge < -0.3 is 15.1 Å². The molecule has 0 spiro atoms. The molecule has 0 saturated carbocycles. The molecule has 5 rings (SSSR count). The SMILES string of the molecule is CC(C)N1CCC(NC2CCN(c3cccc(C4=Cc5cc(S(=O)(=O)NC(C)(C)C)ccc5C4)c3)CC2)CC1. The van der Waals surface area contributed by atoms with Crippen LogP contribution in [0.15, 0.2) is 47.4 Å². The van der Waals surface area contributed by atoms with Crippen LogP contribution in [0.1, 0.15) is 77.0 Å². The molecule has 2 fully saturated rings. The quantitative estimate of drug-likeness (QED) is 0.490. The third kappa shape index (κ3) is 6.94. The summed E-state index contributed by atoms with van der Waals surface area (Å²) in [4.78, 5) is 5.44. The lowest BCUT2D eigenvalue weighted by atomic mass is 9.98. The van der Waals surface area contributed by atoms with Crippen LogP contribution < -0.4 is 14.9 Å². The summed E-state index contributed by atoms with van der Waals surface area (Å²) >= 11 is 0. The van der Waals surface area contributed by atoms with Crippen LogP contribution in [-0.2, 0) is 16.4 Å². The van der Waals surface area contributed by atoms with Crippen molar-refractivity contribution < 1.29 is 8.42 Å². The molecule has 3 aliphatic rings. The second-order valence-corrected chi connectivity index (χ2v) is 14.6. The van der Waals surface area contributed by atoms with Crippen molar-refractivity contribution in [3.05, 3.63) is 59.2 Å². The van der Waals surface area contributed by atoms with Gasteiger partial charge >= 0.3 is 0 Å². The minimum Gasteiger partial charge on any atom is -0.371 e. The number of fused-ring (bicyclic) bond motifs is 1. The molecular formula is C32H46N4O2S. The summed E-state index contributed by atoms with van der Waals surface area (Å²) in [6, 6.07) is 16.3. The van der Waals surface area contributed by atoms with Gasteiger partial charge in [-0.15, -0.1) is 0 Å². The van der Waals surface area contributed by atoms with E-state index in [1.165, 1.54) is 61.2 Å². The zero-order valence-corrected chi connectivity index (χ0v) is 25.2. The molecule has 212 valence electrons. The first-order valence-electron chi connectivity index (χ1n) is 14.7. The highest BCUT2D eigenvalue weighted by Crippen LogP contribution is 2.35. The summed E-state index contributed by atoms with van der Waals surface area (Å²) in [5.74, 6) is 0. The summed E-state index contributed by atoms with van der Waals surface area (Å²) < 4.78 is 28.5. The van der Waals surface area contributed by atoms with E-state index in [1.807, 2.05) is 32.9 Å². The van der Waals surface area contributed by atoms with Crippen LogP contribution in [0.3, 0.4) is 0 Å². The summed E-state index contributed by atoms with van der Waals surface area (Å²) in [7, 11) is -3.56. The van der Waals surface area contributed by atoms with Crippen LogP contribution in [0, 0.1) is 0 Å². The van der Waals surface area contributed by atoms with E-state index < -0.39 is 15.6 Å². The first-order valence-corrected chi connectivity index (χ1v) is 16.2. The van der Waals surface area contributed by atoms with Crippen molar-refractivity contribution >= 4 is 27.4 Å². The normalized spacial score (nSPS) is 19.9. The Kier molecular flexibility index (Phi) is 8.25. The average molecular weight is 551 g/mol. The van der Waals surface area contributed by atoms with Crippen molar-refractivity contribution in [3.8, 4) is 0 Å². The second kappa shape index (κ2) is 11.4. The minimum atomic E-state index is -3.56. The van der Waals surface area contributed by atoms with Crippen LogP contribution >= 0.6 is 0 Å². The Bertz CT molecular complexity index is 1300. The first-order chi connectivity index (χ1) is 18.5. The lowest BCUT2D eigenvalue weighted by molar-refractivity contribution is 0.154. The topological polar surface area (TPSA) is 64.7 Å². The average Bonchev–Trinajstić information content (AvgIpc) is 3.32. The van der Waals surface area contributed by atoms with Gasteiger partial charge in [0.25, 0.3) is 0 Å². The maximum absolute atomic E-state index is 12.8. The Morgan fingerprint density at radius 2 is 1.56 bits per heavy atom. The monoisotopic (exact) mass is 550 g/mol. The fourth-order valence-corrected chi connectivity index (χ4v) is 7.70. The zero-order chi connectivity index (χ0) is 27.8. The maximum Gasteiger partial charge on any atom is 0.241 e. The molecule has 2 aromatic carbocycles. The number of rotatable bonds is 7. The van der Waals surface area contributed by atoms with Crippen LogP contribution in [0.5, 0.6) is 0 Å². The molecule has 0 bridgehead atoms. The maximum atomic E-state index is 12.8. The van der Waals surface area contributed by atoms with Crippen molar-refractivity contribution in [1.82, 2.24) is 14.9 Å². The molecule has 0 unspecified atom stereocenters. The largest absolute Gasteiger partial charge is 0.371 e. The molecule has 2 aromatic rings. The van der Waals surface area contributed by atoms with E-state index in [-0.39, 0.29) is 0 Å².